The maximum atomic E-state index is 12.8. The van der Waals surface area contributed by atoms with Gasteiger partial charge in [-0.1, -0.05) is 50.6 Å². The molecule has 0 bridgehead atoms. The molecule has 0 aliphatic heterocycles. The summed E-state index contributed by atoms with van der Waals surface area (Å²) in [5, 5.41) is 17.7. The van der Waals surface area contributed by atoms with Crippen molar-refractivity contribution in [2.24, 2.45) is 5.92 Å². The van der Waals surface area contributed by atoms with E-state index in [-0.39, 0.29) is 17.9 Å². The molecule has 0 saturated carbocycles. The zero-order chi connectivity index (χ0) is 27.6. The van der Waals surface area contributed by atoms with Gasteiger partial charge in [0.1, 0.15) is 11.2 Å². The monoisotopic (exact) mass is 517 g/mol. The average Bonchev–Trinajstić information content (AvgIpc) is 3.33. The van der Waals surface area contributed by atoms with Gasteiger partial charge in [-0.05, 0) is 37.0 Å². The number of hydrogen-bond acceptors (Lipinski definition) is 7. The third kappa shape index (κ3) is 5.18. The van der Waals surface area contributed by atoms with Crippen LogP contribution in [0.15, 0.2) is 56.3 Å². The largest absolute Gasteiger partial charge is 0.548 e. The second-order valence-corrected chi connectivity index (χ2v) is 9.47. The Morgan fingerprint density at radius 1 is 1.00 bits per heavy atom. The Morgan fingerprint density at radius 3 is 2.37 bits per heavy atom. The van der Waals surface area contributed by atoms with E-state index in [2.05, 4.69) is 10.6 Å². The summed E-state index contributed by atoms with van der Waals surface area (Å²) in [4.78, 5) is 49.0. The van der Waals surface area contributed by atoms with Crippen molar-refractivity contribution < 1.29 is 28.3 Å². The minimum Gasteiger partial charge on any atom is -0.548 e. The van der Waals surface area contributed by atoms with E-state index in [0.717, 1.165) is 16.5 Å². The lowest BCUT2D eigenvalue weighted by molar-refractivity contribution is -0.309. The van der Waals surface area contributed by atoms with Crippen LogP contribution in [-0.2, 0) is 20.8 Å². The van der Waals surface area contributed by atoms with Gasteiger partial charge in [-0.25, -0.2) is 4.79 Å². The molecule has 0 saturated heterocycles. The van der Waals surface area contributed by atoms with Crippen molar-refractivity contribution in [2.45, 2.75) is 46.6 Å². The summed E-state index contributed by atoms with van der Waals surface area (Å²) in [6.45, 7) is 6.61. The Kier molecular flexibility index (Phi) is 7.66. The standard InChI is InChI=1S/C29H30N2O7/c1-5-15(2)25(28(34)35)31-24(33)13-30-23(32)12-20-16(3)19-11-21-22(18-9-7-6-8-10-18)14-37-26(21)17(4)27(19)38-29(20)36/h6-11,14-15,25H,5,12-13H2,1-4H3,(H,30,32)(H,31,33)(H,34,35)/p-1/t15-,25+/m1/s1. The van der Waals surface area contributed by atoms with Gasteiger partial charge in [0.05, 0.1) is 36.8 Å². The summed E-state index contributed by atoms with van der Waals surface area (Å²) < 4.78 is 11.5. The van der Waals surface area contributed by atoms with Gasteiger partial charge in [0.2, 0.25) is 11.8 Å². The van der Waals surface area contributed by atoms with Gasteiger partial charge < -0.3 is 29.4 Å². The van der Waals surface area contributed by atoms with Crippen LogP contribution in [0.5, 0.6) is 0 Å². The smallest absolute Gasteiger partial charge is 0.340 e. The molecular weight excluding hydrogens is 488 g/mol. The predicted octanol–water partition coefficient (Wildman–Crippen LogP) is 2.76. The van der Waals surface area contributed by atoms with Gasteiger partial charge in [-0.2, -0.15) is 0 Å². The lowest BCUT2D eigenvalue weighted by atomic mass is 9.97. The molecule has 0 radical (unpaired) electrons. The van der Waals surface area contributed by atoms with Crippen LogP contribution < -0.4 is 21.4 Å². The fourth-order valence-corrected chi connectivity index (χ4v) is 4.54. The second kappa shape index (κ2) is 10.9. The molecule has 0 aliphatic carbocycles. The fourth-order valence-electron chi connectivity index (χ4n) is 4.54. The molecule has 2 heterocycles. The van der Waals surface area contributed by atoms with Gasteiger partial charge in [0, 0.05) is 21.9 Å². The maximum absolute atomic E-state index is 12.8. The number of amides is 2. The quantitative estimate of drug-likeness (QED) is 0.325. The van der Waals surface area contributed by atoms with Crippen molar-refractivity contribution in [3.63, 3.8) is 0 Å². The highest BCUT2D eigenvalue weighted by Crippen LogP contribution is 2.37. The molecule has 9 nitrogen and oxygen atoms in total. The number of benzene rings is 2. The van der Waals surface area contributed by atoms with Crippen molar-refractivity contribution in [2.75, 3.05) is 6.54 Å². The number of carbonyl (C=O) groups is 3. The molecule has 2 amide bonds. The van der Waals surface area contributed by atoms with Gasteiger partial charge in [-0.3, -0.25) is 9.59 Å². The molecule has 4 aromatic rings. The predicted molar refractivity (Wildman–Crippen MR) is 140 cm³/mol. The molecule has 2 atom stereocenters. The molecule has 2 aromatic carbocycles. The highest BCUT2D eigenvalue weighted by molar-refractivity contribution is 6.05. The summed E-state index contributed by atoms with van der Waals surface area (Å²) in [6.07, 6.45) is 1.89. The number of carbonyl (C=O) groups excluding carboxylic acids is 3. The lowest BCUT2D eigenvalue weighted by Crippen LogP contribution is -2.53. The summed E-state index contributed by atoms with van der Waals surface area (Å²) >= 11 is 0. The summed E-state index contributed by atoms with van der Waals surface area (Å²) in [5.74, 6) is -2.96. The van der Waals surface area contributed by atoms with Crippen LogP contribution in [0, 0.1) is 19.8 Å². The molecule has 38 heavy (non-hydrogen) atoms. The Balaban J connectivity index is 1.58. The number of carboxylic acids is 1. The number of furan rings is 1. The molecular formula is C29H29N2O7-. The number of hydrogen-bond donors (Lipinski definition) is 2. The topological polar surface area (TPSA) is 142 Å². The van der Waals surface area contributed by atoms with Gasteiger partial charge in [0.25, 0.3) is 0 Å². The van der Waals surface area contributed by atoms with Crippen molar-refractivity contribution in [3.8, 4) is 11.1 Å². The van der Waals surface area contributed by atoms with E-state index >= 15 is 0 Å². The van der Waals surface area contributed by atoms with Crippen LogP contribution in [0.2, 0.25) is 0 Å². The minimum atomic E-state index is -1.39. The normalized spacial score (nSPS) is 12.8. The molecule has 4 rings (SSSR count). The minimum absolute atomic E-state index is 0.172. The highest BCUT2D eigenvalue weighted by atomic mass is 16.4. The number of fused-ring (bicyclic) bond motifs is 2. The zero-order valence-electron chi connectivity index (χ0n) is 21.7. The number of aliphatic carboxylic acids is 1. The summed E-state index contributed by atoms with van der Waals surface area (Å²) in [6, 6.07) is 10.5. The van der Waals surface area contributed by atoms with Crippen molar-refractivity contribution in [1.82, 2.24) is 10.6 Å². The molecule has 2 N–H and O–H groups in total. The lowest BCUT2D eigenvalue weighted by Gasteiger charge is -2.25. The molecule has 198 valence electrons. The van der Waals surface area contributed by atoms with Crippen LogP contribution in [0.3, 0.4) is 0 Å². The van der Waals surface area contributed by atoms with Crippen LogP contribution in [0.1, 0.15) is 37.0 Å². The van der Waals surface area contributed by atoms with E-state index in [4.69, 9.17) is 8.83 Å². The van der Waals surface area contributed by atoms with Crippen LogP contribution in [0.4, 0.5) is 0 Å². The SMILES string of the molecule is CC[C@@H](C)[C@H](NC(=O)CNC(=O)Cc1c(C)c2cc3c(-c4ccccc4)coc3c(C)c2oc1=O)C(=O)[O-]. The van der Waals surface area contributed by atoms with Crippen molar-refractivity contribution in [1.29, 1.82) is 0 Å². The number of rotatable bonds is 9. The number of aryl methyl sites for hydroxylation is 2. The first-order valence-corrected chi connectivity index (χ1v) is 12.4. The molecule has 0 aliphatic rings. The van der Waals surface area contributed by atoms with Crippen LogP contribution in [0.25, 0.3) is 33.1 Å². The number of nitrogens with one attached hydrogen (secondary N) is 2. The molecule has 0 fully saturated rings. The van der Waals surface area contributed by atoms with E-state index < -0.39 is 36.0 Å². The molecule has 0 unspecified atom stereocenters. The second-order valence-electron chi connectivity index (χ2n) is 9.47. The van der Waals surface area contributed by atoms with E-state index in [1.807, 2.05) is 43.3 Å². The first kappa shape index (κ1) is 26.7. The first-order chi connectivity index (χ1) is 18.1. The highest BCUT2D eigenvalue weighted by Gasteiger charge is 2.22. The van der Waals surface area contributed by atoms with Gasteiger partial charge in [-0.15, -0.1) is 0 Å². The Morgan fingerprint density at radius 2 is 1.71 bits per heavy atom. The third-order valence-corrected chi connectivity index (χ3v) is 6.99. The van der Waals surface area contributed by atoms with Crippen LogP contribution in [-0.4, -0.2) is 30.4 Å². The summed E-state index contributed by atoms with van der Waals surface area (Å²) in [5.41, 5.74) is 3.66. The summed E-state index contributed by atoms with van der Waals surface area (Å²) in [7, 11) is 0. The molecule has 2 aromatic heterocycles. The average molecular weight is 518 g/mol. The van der Waals surface area contributed by atoms with Gasteiger partial charge >= 0.3 is 5.63 Å². The van der Waals surface area contributed by atoms with E-state index in [1.54, 1.807) is 27.0 Å². The Hall–Kier alpha value is -4.40. The van der Waals surface area contributed by atoms with Crippen LogP contribution >= 0.6 is 0 Å². The molecule has 0 spiro atoms. The van der Waals surface area contributed by atoms with E-state index in [1.165, 1.54) is 0 Å². The van der Waals surface area contributed by atoms with Crippen molar-refractivity contribution in [3.05, 3.63) is 69.8 Å². The molecule has 9 heteroatoms. The Bertz CT molecular complexity index is 1580. The van der Waals surface area contributed by atoms with Crippen molar-refractivity contribution >= 4 is 39.7 Å². The Labute approximate surface area is 218 Å². The number of carboxylic acid groups (broad SMARTS) is 1. The van der Waals surface area contributed by atoms with Gasteiger partial charge in [0.15, 0.2) is 0 Å². The first-order valence-electron chi connectivity index (χ1n) is 12.4. The van der Waals surface area contributed by atoms with E-state index in [0.29, 0.717) is 34.1 Å². The fraction of sp³-hybridized carbons (Fsp3) is 0.310. The van der Waals surface area contributed by atoms with E-state index in [9.17, 15) is 24.3 Å². The zero-order valence-corrected chi connectivity index (χ0v) is 21.7. The maximum Gasteiger partial charge on any atom is 0.340 e. The third-order valence-electron chi connectivity index (χ3n) is 6.99.